The summed E-state index contributed by atoms with van der Waals surface area (Å²) >= 11 is 0. The molecular formula is C15H20N4. The Morgan fingerprint density at radius 2 is 2.32 bits per heavy atom. The van der Waals surface area contributed by atoms with Crippen molar-refractivity contribution in [2.24, 2.45) is 5.92 Å². The Hall–Kier alpha value is -1.60. The van der Waals surface area contributed by atoms with Crippen molar-refractivity contribution in [1.82, 2.24) is 10.3 Å². The summed E-state index contributed by atoms with van der Waals surface area (Å²) in [6.45, 7) is 3.39. The van der Waals surface area contributed by atoms with Crippen LogP contribution in [0, 0.1) is 17.2 Å². The summed E-state index contributed by atoms with van der Waals surface area (Å²) in [5.41, 5.74) is 1.68. The van der Waals surface area contributed by atoms with E-state index in [1.807, 2.05) is 12.1 Å². The van der Waals surface area contributed by atoms with Gasteiger partial charge in [0.25, 0.3) is 0 Å². The summed E-state index contributed by atoms with van der Waals surface area (Å²) < 4.78 is 0. The molecule has 0 bridgehead atoms. The van der Waals surface area contributed by atoms with Crippen molar-refractivity contribution in [2.75, 3.05) is 24.5 Å². The van der Waals surface area contributed by atoms with Gasteiger partial charge in [0.15, 0.2) is 0 Å². The maximum absolute atomic E-state index is 8.98. The van der Waals surface area contributed by atoms with Crippen LogP contribution in [0.15, 0.2) is 18.3 Å². The monoisotopic (exact) mass is 256 g/mol. The van der Waals surface area contributed by atoms with Gasteiger partial charge in [-0.15, -0.1) is 0 Å². The summed E-state index contributed by atoms with van der Waals surface area (Å²) in [6.07, 6.45) is 6.91. The number of rotatable bonds is 4. The van der Waals surface area contributed by atoms with Gasteiger partial charge in [0.1, 0.15) is 11.8 Å². The van der Waals surface area contributed by atoms with E-state index in [4.69, 9.17) is 5.26 Å². The van der Waals surface area contributed by atoms with E-state index >= 15 is 0 Å². The normalized spacial score (nSPS) is 22.8. The molecule has 1 aromatic heterocycles. The summed E-state index contributed by atoms with van der Waals surface area (Å²) in [5, 5.41) is 12.5. The first-order valence-corrected chi connectivity index (χ1v) is 7.20. The standard InChI is InChI=1S/C15H20N4/c16-9-13-8-15(5-7-18-13)19(14-3-4-14)11-12-2-1-6-17-10-12/h5,7-8,12,14,17H,1-4,6,10-11H2. The van der Waals surface area contributed by atoms with Crippen molar-refractivity contribution in [3.05, 3.63) is 24.0 Å². The van der Waals surface area contributed by atoms with Crippen LogP contribution in [0.4, 0.5) is 5.69 Å². The Morgan fingerprint density at radius 1 is 1.42 bits per heavy atom. The molecule has 0 amide bonds. The minimum Gasteiger partial charge on any atom is -0.368 e. The van der Waals surface area contributed by atoms with Crippen LogP contribution in [-0.4, -0.2) is 30.7 Å². The lowest BCUT2D eigenvalue weighted by atomic mass is 9.98. The zero-order chi connectivity index (χ0) is 13.1. The summed E-state index contributed by atoms with van der Waals surface area (Å²) in [5.74, 6) is 0.730. The van der Waals surface area contributed by atoms with E-state index in [0.717, 1.165) is 25.6 Å². The molecule has 1 saturated heterocycles. The van der Waals surface area contributed by atoms with Crippen LogP contribution in [-0.2, 0) is 0 Å². The fraction of sp³-hybridized carbons (Fsp3) is 0.600. The first kappa shape index (κ1) is 12.4. The number of hydrogen-bond donors (Lipinski definition) is 1. The van der Waals surface area contributed by atoms with Crippen LogP contribution in [0.3, 0.4) is 0 Å². The lowest BCUT2D eigenvalue weighted by Gasteiger charge is -2.31. The average molecular weight is 256 g/mol. The zero-order valence-electron chi connectivity index (χ0n) is 11.2. The van der Waals surface area contributed by atoms with Gasteiger partial charge in [-0.1, -0.05) is 0 Å². The number of aromatic nitrogens is 1. The Labute approximate surface area is 114 Å². The molecule has 0 spiro atoms. The highest BCUT2D eigenvalue weighted by Gasteiger charge is 2.31. The molecule has 1 N–H and O–H groups in total. The van der Waals surface area contributed by atoms with Crippen LogP contribution >= 0.6 is 0 Å². The van der Waals surface area contributed by atoms with E-state index in [1.54, 1.807) is 6.20 Å². The molecule has 0 aromatic carbocycles. The number of nitrogens with zero attached hydrogens (tertiary/aromatic N) is 3. The summed E-state index contributed by atoms with van der Waals surface area (Å²) in [4.78, 5) is 6.55. The molecule has 19 heavy (non-hydrogen) atoms. The second-order valence-electron chi connectivity index (χ2n) is 5.61. The van der Waals surface area contributed by atoms with Gasteiger partial charge in [-0.3, -0.25) is 0 Å². The van der Waals surface area contributed by atoms with Crippen LogP contribution in [0.25, 0.3) is 0 Å². The summed E-state index contributed by atoms with van der Waals surface area (Å²) in [6, 6.07) is 6.77. The molecule has 1 unspecified atom stereocenters. The Kier molecular flexibility index (Phi) is 3.65. The van der Waals surface area contributed by atoms with Gasteiger partial charge in [0, 0.05) is 24.5 Å². The number of nitrogens with one attached hydrogen (secondary N) is 1. The zero-order valence-corrected chi connectivity index (χ0v) is 11.2. The molecule has 1 aliphatic heterocycles. The van der Waals surface area contributed by atoms with E-state index in [9.17, 15) is 0 Å². The molecule has 2 aliphatic rings. The van der Waals surface area contributed by atoms with Gasteiger partial charge in [-0.05, 0) is 56.8 Å². The molecular weight excluding hydrogens is 236 g/mol. The van der Waals surface area contributed by atoms with Crippen molar-refractivity contribution < 1.29 is 0 Å². The second kappa shape index (κ2) is 5.58. The number of anilines is 1. The third-order valence-electron chi connectivity index (χ3n) is 4.03. The Morgan fingerprint density at radius 3 is 3.00 bits per heavy atom. The fourth-order valence-corrected chi connectivity index (χ4v) is 2.87. The number of nitriles is 1. The van der Waals surface area contributed by atoms with Crippen molar-refractivity contribution in [2.45, 2.75) is 31.7 Å². The number of pyridine rings is 1. The molecule has 1 saturated carbocycles. The van der Waals surface area contributed by atoms with Crippen LogP contribution in [0.1, 0.15) is 31.4 Å². The first-order chi connectivity index (χ1) is 9.36. The van der Waals surface area contributed by atoms with Crippen molar-refractivity contribution in [3.63, 3.8) is 0 Å². The van der Waals surface area contributed by atoms with Crippen LogP contribution in [0.2, 0.25) is 0 Å². The second-order valence-corrected chi connectivity index (χ2v) is 5.61. The van der Waals surface area contributed by atoms with Gasteiger partial charge in [-0.25, -0.2) is 4.98 Å². The molecule has 2 fully saturated rings. The van der Waals surface area contributed by atoms with Crippen molar-refractivity contribution in [1.29, 1.82) is 5.26 Å². The third-order valence-corrected chi connectivity index (χ3v) is 4.03. The molecule has 0 radical (unpaired) electrons. The minimum absolute atomic E-state index is 0.518. The highest BCUT2D eigenvalue weighted by molar-refractivity contribution is 5.50. The van der Waals surface area contributed by atoms with Gasteiger partial charge < -0.3 is 10.2 Å². The smallest absolute Gasteiger partial charge is 0.142 e. The highest BCUT2D eigenvalue weighted by atomic mass is 15.2. The fourth-order valence-electron chi connectivity index (χ4n) is 2.87. The molecule has 3 rings (SSSR count). The topological polar surface area (TPSA) is 52.0 Å². The molecule has 1 aliphatic carbocycles. The van der Waals surface area contributed by atoms with Crippen molar-refractivity contribution in [3.8, 4) is 6.07 Å². The Bertz CT molecular complexity index is 469. The predicted octanol–water partition coefficient (Wildman–Crippen LogP) is 1.92. The number of piperidine rings is 1. The minimum atomic E-state index is 0.518. The maximum Gasteiger partial charge on any atom is 0.142 e. The molecule has 1 aromatic rings. The van der Waals surface area contributed by atoms with E-state index in [-0.39, 0.29) is 0 Å². The van der Waals surface area contributed by atoms with Gasteiger partial charge in [0.2, 0.25) is 0 Å². The SMILES string of the molecule is N#Cc1cc(N(CC2CCCNC2)C2CC2)ccn1. The first-order valence-electron chi connectivity index (χ1n) is 7.20. The van der Waals surface area contributed by atoms with Gasteiger partial charge in [-0.2, -0.15) is 5.26 Å². The molecule has 2 heterocycles. The highest BCUT2D eigenvalue weighted by Crippen LogP contribution is 2.33. The summed E-state index contributed by atoms with van der Waals surface area (Å²) in [7, 11) is 0. The van der Waals surface area contributed by atoms with Gasteiger partial charge >= 0.3 is 0 Å². The third kappa shape index (κ3) is 3.05. The predicted molar refractivity (Wildman–Crippen MR) is 74.9 cm³/mol. The van der Waals surface area contributed by atoms with E-state index in [0.29, 0.717) is 11.7 Å². The maximum atomic E-state index is 8.98. The van der Waals surface area contributed by atoms with E-state index in [2.05, 4.69) is 21.3 Å². The lowest BCUT2D eigenvalue weighted by molar-refractivity contribution is 0.376. The molecule has 100 valence electrons. The largest absolute Gasteiger partial charge is 0.368 e. The molecule has 4 heteroatoms. The number of hydrogen-bond acceptors (Lipinski definition) is 4. The van der Waals surface area contributed by atoms with E-state index < -0.39 is 0 Å². The van der Waals surface area contributed by atoms with Gasteiger partial charge in [0.05, 0.1) is 0 Å². The van der Waals surface area contributed by atoms with E-state index in [1.165, 1.54) is 31.4 Å². The quantitative estimate of drug-likeness (QED) is 0.894. The van der Waals surface area contributed by atoms with Crippen molar-refractivity contribution >= 4 is 5.69 Å². The molecule has 4 nitrogen and oxygen atoms in total. The van der Waals surface area contributed by atoms with Crippen LogP contribution in [0.5, 0.6) is 0 Å². The Balaban J connectivity index is 1.74. The average Bonchev–Trinajstić information content (AvgIpc) is 3.30. The molecule has 1 atom stereocenters. The van der Waals surface area contributed by atoms with Crippen LogP contribution < -0.4 is 10.2 Å². The lowest BCUT2D eigenvalue weighted by Crippen LogP contribution is -2.39.